The molecular formula is C11H25O4P. The first-order chi connectivity index (χ1) is 7.47. The van der Waals surface area contributed by atoms with Crippen LogP contribution in [0.25, 0.3) is 0 Å². The summed E-state index contributed by atoms with van der Waals surface area (Å²) in [5.74, 6) is 0. The highest BCUT2D eigenvalue weighted by Crippen LogP contribution is 2.52. The molecule has 0 aliphatic carbocycles. The van der Waals surface area contributed by atoms with Crippen molar-refractivity contribution in [2.75, 3.05) is 6.61 Å². The van der Waals surface area contributed by atoms with Crippen LogP contribution in [0.1, 0.15) is 53.9 Å². The van der Waals surface area contributed by atoms with Crippen LogP contribution in [-0.2, 0) is 18.1 Å². The Morgan fingerprint density at radius 1 is 1.00 bits per heavy atom. The van der Waals surface area contributed by atoms with E-state index in [2.05, 4.69) is 0 Å². The summed E-state index contributed by atoms with van der Waals surface area (Å²) < 4.78 is 28.2. The number of hydrogen-bond acceptors (Lipinski definition) is 4. The molecule has 0 aliphatic rings. The second-order valence-corrected chi connectivity index (χ2v) is 5.50. The van der Waals surface area contributed by atoms with Crippen molar-refractivity contribution in [1.29, 1.82) is 0 Å². The molecule has 0 aromatic heterocycles. The molecule has 0 fully saturated rings. The number of phosphoric acid groups is 1. The Morgan fingerprint density at radius 2 is 1.44 bits per heavy atom. The fourth-order valence-electron chi connectivity index (χ4n) is 0.879. The molecule has 0 saturated carbocycles. The summed E-state index contributed by atoms with van der Waals surface area (Å²) >= 11 is 0. The molecule has 4 nitrogen and oxygen atoms in total. The Bertz CT molecular complexity index is 204. The van der Waals surface area contributed by atoms with Gasteiger partial charge >= 0.3 is 7.82 Å². The van der Waals surface area contributed by atoms with Crippen molar-refractivity contribution in [1.82, 2.24) is 0 Å². The zero-order valence-electron chi connectivity index (χ0n) is 11.1. The molecule has 0 radical (unpaired) electrons. The third kappa shape index (κ3) is 6.64. The van der Waals surface area contributed by atoms with Gasteiger partial charge in [-0.05, 0) is 33.1 Å². The molecular weight excluding hydrogens is 227 g/mol. The average molecular weight is 252 g/mol. The average Bonchev–Trinajstić information content (AvgIpc) is 2.25. The van der Waals surface area contributed by atoms with E-state index in [-0.39, 0.29) is 12.2 Å². The number of rotatable bonds is 9. The van der Waals surface area contributed by atoms with Crippen molar-refractivity contribution in [2.45, 2.75) is 66.1 Å². The van der Waals surface area contributed by atoms with Gasteiger partial charge in [-0.2, -0.15) is 0 Å². The van der Waals surface area contributed by atoms with Crippen molar-refractivity contribution in [3.8, 4) is 0 Å². The maximum absolute atomic E-state index is 12.2. The van der Waals surface area contributed by atoms with Crippen LogP contribution in [0.5, 0.6) is 0 Å². The maximum atomic E-state index is 12.2. The smallest absolute Gasteiger partial charge is 0.287 e. The van der Waals surface area contributed by atoms with Crippen molar-refractivity contribution in [3.63, 3.8) is 0 Å². The van der Waals surface area contributed by atoms with Gasteiger partial charge in [0.05, 0.1) is 18.8 Å². The zero-order valence-corrected chi connectivity index (χ0v) is 12.0. The van der Waals surface area contributed by atoms with Crippen molar-refractivity contribution < 1.29 is 18.1 Å². The molecule has 98 valence electrons. The van der Waals surface area contributed by atoms with Gasteiger partial charge in [0, 0.05) is 0 Å². The first-order valence-corrected chi connectivity index (χ1v) is 7.54. The van der Waals surface area contributed by atoms with Gasteiger partial charge in [-0.15, -0.1) is 0 Å². The molecule has 0 saturated heterocycles. The second kappa shape index (κ2) is 8.24. The molecule has 0 bridgehead atoms. The molecule has 0 heterocycles. The molecule has 5 heteroatoms. The Balaban J connectivity index is 4.41. The Hall–Kier alpha value is 0.110. The highest BCUT2D eigenvalue weighted by atomic mass is 31.2. The van der Waals surface area contributed by atoms with Crippen LogP contribution in [0.3, 0.4) is 0 Å². The van der Waals surface area contributed by atoms with Crippen LogP contribution in [0.4, 0.5) is 0 Å². The zero-order chi connectivity index (χ0) is 12.6. The van der Waals surface area contributed by atoms with Crippen molar-refractivity contribution >= 4 is 7.82 Å². The third-order valence-corrected chi connectivity index (χ3v) is 3.96. The fraction of sp³-hybridized carbons (Fsp3) is 1.00. The standard InChI is InChI=1S/C11H25O4P/c1-6-9-13-16(12,14-10(4)7-2)15-11(5)8-3/h10-11H,6-9H2,1-5H3. The normalized spacial score (nSPS) is 19.1. The Labute approximate surface area is 99.3 Å². The van der Waals surface area contributed by atoms with E-state index in [0.29, 0.717) is 6.61 Å². The lowest BCUT2D eigenvalue weighted by Crippen LogP contribution is -2.13. The molecule has 0 aromatic carbocycles. The molecule has 0 amide bonds. The summed E-state index contributed by atoms with van der Waals surface area (Å²) in [6.07, 6.45) is 2.11. The van der Waals surface area contributed by atoms with Gasteiger partial charge in [-0.1, -0.05) is 20.8 Å². The van der Waals surface area contributed by atoms with Crippen LogP contribution in [0, 0.1) is 0 Å². The second-order valence-electron chi connectivity index (χ2n) is 3.93. The predicted octanol–water partition coefficient (Wildman–Crippen LogP) is 4.15. The number of phosphoric ester groups is 1. The van der Waals surface area contributed by atoms with Gasteiger partial charge in [-0.3, -0.25) is 13.6 Å². The lowest BCUT2D eigenvalue weighted by Gasteiger charge is -2.23. The van der Waals surface area contributed by atoms with Gasteiger partial charge in [0.15, 0.2) is 0 Å². The first-order valence-electron chi connectivity index (χ1n) is 6.08. The number of hydrogen-bond donors (Lipinski definition) is 0. The fourth-order valence-corrected chi connectivity index (χ4v) is 2.64. The summed E-state index contributed by atoms with van der Waals surface area (Å²) in [6.45, 7) is 10.0. The maximum Gasteiger partial charge on any atom is 0.475 e. The van der Waals surface area contributed by atoms with Gasteiger partial charge in [0.1, 0.15) is 0 Å². The van der Waals surface area contributed by atoms with Crippen molar-refractivity contribution in [2.24, 2.45) is 0 Å². The van der Waals surface area contributed by atoms with E-state index >= 15 is 0 Å². The molecule has 0 N–H and O–H groups in total. The lowest BCUT2D eigenvalue weighted by molar-refractivity contribution is 0.0600. The van der Waals surface area contributed by atoms with Gasteiger partial charge < -0.3 is 0 Å². The highest BCUT2D eigenvalue weighted by Gasteiger charge is 2.30. The molecule has 2 atom stereocenters. The molecule has 0 rings (SSSR count). The quantitative estimate of drug-likeness (QED) is 0.578. The SMILES string of the molecule is CCCOP(=O)(OC(C)CC)OC(C)CC. The summed E-state index contributed by atoms with van der Waals surface area (Å²) in [5, 5.41) is 0. The molecule has 2 unspecified atom stereocenters. The van der Waals surface area contributed by atoms with E-state index in [1.165, 1.54) is 0 Å². The third-order valence-electron chi connectivity index (χ3n) is 2.22. The minimum atomic E-state index is -3.38. The predicted molar refractivity (Wildman–Crippen MR) is 65.5 cm³/mol. The topological polar surface area (TPSA) is 44.8 Å². The van der Waals surface area contributed by atoms with Gasteiger partial charge in [0.2, 0.25) is 0 Å². The molecule has 0 spiro atoms. The van der Waals surface area contributed by atoms with E-state index in [1.807, 2.05) is 34.6 Å². The molecule has 0 aliphatic heterocycles. The van der Waals surface area contributed by atoms with E-state index in [9.17, 15) is 4.57 Å². The summed E-state index contributed by atoms with van der Waals surface area (Å²) in [4.78, 5) is 0. The van der Waals surface area contributed by atoms with Crippen LogP contribution in [0.2, 0.25) is 0 Å². The van der Waals surface area contributed by atoms with Crippen LogP contribution >= 0.6 is 7.82 Å². The monoisotopic (exact) mass is 252 g/mol. The van der Waals surface area contributed by atoms with Gasteiger partial charge in [-0.25, -0.2) is 4.57 Å². The van der Waals surface area contributed by atoms with E-state index < -0.39 is 7.82 Å². The summed E-state index contributed by atoms with van der Waals surface area (Å²) in [5.41, 5.74) is 0. The first kappa shape index (κ1) is 16.1. The van der Waals surface area contributed by atoms with Crippen LogP contribution in [0.15, 0.2) is 0 Å². The summed E-state index contributed by atoms with van der Waals surface area (Å²) in [7, 11) is -3.38. The minimum absolute atomic E-state index is 0.119. The van der Waals surface area contributed by atoms with Crippen LogP contribution < -0.4 is 0 Å². The molecule has 0 aromatic rings. The lowest BCUT2D eigenvalue weighted by atomic mass is 10.3. The van der Waals surface area contributed by atoms with Gasteiger partial charge in [0.25, 0.3) is 0 Å². The van der Waals surface area contributed by atoms with E-state index in [0.717, 1.165) is 19.3 Å². The Morgan fingerprint density at radius 3 is 1.75 bits per heavy atom. The Kier molecular flexibility index (Phi) is 8.29. The van der Waals surface area contributed by atoms with Crippen LogP contribution in [-0.4, -0.2) is 18.8 Å². The largest absolute Gasteiger partial charge is 0.475 e. The summed E-state index contributed by atoms with van der Waals surface area (Å²) in [6, 6.07) is 0. The van der Waals surface area contributed by atoms with E-state index in [4.69, 9.17) is 13.6 Å². The minimum Gasteiger partial charge on any atom is -0.287 e. The molecule has 16 heavy (non-hydrogen) atoms. The van der Waals surface area contributed by atoms with E-state index in [1.54, 1.807) is 0 Å². The highest BCUT2D eigenvalue weighted by molar-refractivity contribution is 7.48. The van der Waals surface area contributed by atoms with Crippen molar-refractivity contribution in [3.05, 3.63) is 0 Å².